The molecule has 1 saturated carbocycles. The summed E-state index contributed by atoms with van der Waals surface area (Å²) in [5.41, 5.74) is 2.10. The van der Waals surface area contributed by atoms with Gasteiger partial charge in [0.25, 0.3) is 0 Å². The number of anilines is 3. The minimum absolute atomic E-state index is 0.0672. The van der Waals surface area contributed by atoms with E-state index in [-0.39, 0.29) is 29.4 Å². The molecule has 3 rings (SSSR count). The lowest BCUT2D eigenvalue weighted by Crippen LogP contribution is -2.14. The first-order chi connectivity index (χ1) is 13.0. The first-order valence-electron chi connectivity index (χ1n) is 8.71. The van der Waals surface area contributed by atoms with Gasteiger partial charge in [-0.2, -0.15) is 0 Å². The van der Waals surface area contributed by atoms with E-state index in [1.807, 2.05) is 24.3 Å². The van der Waals surface area contributed by atoms with Crippen LogP contribution in [-0.4, -0.2) is 23.5 Å². The minimum Gasteiger partial charge on any atom is -0.326 e. The number of amides is 3. The van der Waals surface area contributed by atoms with Crippen LogP contribution in [0.25, 0.3) is 0 Å². The normalized spacial score (nSPS) is 12.9. The van der Waals surface area contributed by atoms with E-state index in [4.69, 9.17) is 0 Å². The Kier molecular flexibility index (Phi) is 6.13. The van der Waals surface area contributed by atoms with Gasteiger partial charge in [0.05, 0.1) is 5.75 Å². The van der Waals surface area contributed by atoms with Gasteiger partial charge in [0.1, 0.15) is 0 Å². The van der Waals surface area contributed by atoms with E-state index in [0.29, 0.717) is 11.4 Å². The third kappa shape index (κ3) is 6.14. The maximum absolute atomic E-state index is 12.1. The Labute approximate surface area is 162 Å². The second-order valence-electron chi connectivity index (χ2n) is 6.39. The van der Waals surface area contributed by atoms with Gasteiger partial charge in [-0.25, -0.2) is 0 Å². The summed E-state index contributed by atoms with van der Waals surface area (Å²) >= 11 is 1.40. The Balaban J connectivity index is 1.48. The van der Waals surface area contributed by atoms with Crippen molar-refractivity contribution in [2.24, 2.45) is 5.92 Å². The van der Waals surface area contributed by atoms with Crippen LogP contribution in [0.15, 0.2) is 53.4 Å². The molecule has 0 saturated heterocycles. The summed E-state index contributed by atoms with van der Waals surface area (Å²) in [6, 6.07) is 14.4. The highest BCUT2D eigenvalue weighted by Crippen LogP contribution is 2.30. The lowest BCUT2D eigenvalue weighted by molar-refractivity contribution is -0.117. The maximum Gasteiger partial charge on any atom is 0.234 e. The molecule has 0 aliphatic heterocycles. The van der Waals surface area contributed by atoms with Crippen LogP contribution >= 0.6 is 11.8 Å². The molecule has 3 N–H and O–H groups in total. The number of thioether (sulfide) groups is 1. The van der Waals surface area contributed by atoms with Crippen LogP contribution in [-0.2, 0) is 14.4 Å². The minimum atomic E-state index is -0.140. The molecule has 1 aliphatic rings. The Morgan fingerprint density at radius 2 is 1.59 bits per heavy atom. The zero-order chi connectivity index (χ0) is 19.2. The molecular weight excluding hydrogens is 362 g/mol. The Hall–Kier alpha value is -2.80. The summed E-state index contributed by atoms with van der Waals surface area (Å²) in [5.74, 6) is 0.216. The molecule has 2 aromatic rings. The predicted octanol–water partition coefficient (Wildman–Crippen LogP) is 3.72. The van der Waals surface area contributed by atoms with Gasteiger partial charge in [0.15, 0.2) is 0 Å². The highest BCUT2D eigenvalue weighted by molar-refractivity contribution is 8.00. The Morgan fingerprint density at radius 3 is 2.22 bits per heavy atom. The van der Waals surface area contributed by atoms with Crippen LogP contribution in [0.5, 0.6) is 0 Å². The van der Waals surface area contributed by atoms with Crippen molar-refractivity contribution in [1.29, 1.82) is 0 Å². The molecule has 7 heteroatoms. The van der Waals surface area contributed by atoms with Gasteiger partial charge in [0, 0.05) is 34.8 Å². The van der Waals surface area contributed by atoms with E-state index in [1.165, 1.54) is 18.7 Å². The van der Waals surface area contributed by atoms with E-state index >= 15 is 0 Å². The second kappa shape index (κ2) is 8.73. The molecule has 0 spiro atoms. The monoisotopic (exact) mass is 383 g/mol. The van der Waals surface area contributed by atoms with Gasteiger partial charge in [-0.15, -0.1) is 11.8 Å². The van der Waals surface area contributed by atoms with E-state index < -0.39 is 0 Å². The molecule has 0 heterocycles. The molecule has 3 amide bonds. The maximum atomic E-state index is 12.1. The molecule has 2 aromatic carbocycles. The number of hydrogen-bond donors (Lipinski definition) is 3. The number of hydrogen-bond acceptors (Lipinski definition) is 4. The summed E-state index contributed by atoms with van der Waals surface area (Å²) in [4.78, 5) is 35.9. The van der Waals surface area contributed by atoms with Crippen LogP contribution in [0.4, 0.5) is 17.1 Å². The molecule has 6 nitrogen and oxygen atoms in total. The van der Waals surface area contributed by atoms with Crippen LogP contribution in [0.1, 0.15) is 19.8 Å². The zero-order valence-corrected chi connectivity index (χ0v) is 15.8. The van der Waals surface area contributed by atoms with E-state index in [0.717, 1.165) is 23.4 Å². The highest BCUT2D eigenvalue weighted by atomic mass is 32.2. The number of rotatable bonds is 7. The molecule has 0 radical (unpaired) electrons. The average Bonchev–Trinajstić information content (AvgIpc) is 3.47. The van der Waals surface area contributed by atoms with Crippen molar-refractivity contribution in [2.75, 3.05) is 21.7 Å². The van der Waals surface area contributed by atoms with E-state index in [2.05, 4.69) is 16.0 Å². The summed E-state index contributed by atoms with van der Waals surface area (Å²) < 4.78 is 0. The molecule has 27 heavy (non-hydrogen) atoms. The molecular formula is C20H21N3O3S. The number of carbonyl (C=O) groups excluding carboxylic acids is 3. The van der Waals surface area contributed by atoms with E-state index in [9.17, 15) is 14.4 Å². The first kappa shape index (κ1) is 19.0. The van der Waals surface area contributed by atoms with Crippen LogP contribution < -0.4 is 16.0 Å². The lowest BCUT2D eigenvalue weighted by Gasteiger charge is -2.08. The number of benzene rings is 2. The predicted molar refractivity (Wildman–Crippen MR) is 108 cm³/mol. The first-order valence-corrected chi connectivity index (χ1v) is 9.69. The summed E-state index contributed by atoms with van der Waals surface area (Å²) in [6.45, 7) is 1.44. The topological polar surface area (TPSA) is 87.3 Å². The van der Waals surface area contributed by atoms with Crippen molar-refractivity contribution in [3.63, 3.8) is 0 Å². The Morgan fingerprint density at radius 1 is 0.926 bits per heavy atom. The highest BCUT2D eigenvalue weighted by Gasteiger charge is 2.29. The molecule has 0 unspecified atom stereocenters. The van der Waals surface area contributed by atoms with Gasteiger partial charge < -0.3 is 16.0 Å². The molecule has 140 valence electrons. The third-order valence-electron chi connectivity index (χ3n) is 3.91. The molecule has 1 aliphatic carbocycles. The van der Waals surface area contributed by atoms with E-state index in [1.54, 1.807) is 24.3 Å². The van der Waals surface area contributed by atoms with Crippen molar-refractivity contribution in [3.05, 3.63) is 48.5 Å². The van der Waals surface area contributed by atoms with Crippen molar-refractivity contribution in [2.45, 2.75) is 24.7 Å². The van der Waals surface area contributed by atoms with Gasteiger partial charge in [-0.05, 0) is 55.3 Å². The lowest BCUT2D eigenvalue weighted by atomic mass is 10.3. The Bertz CT molecular complexity index is 848. The average molecular weight is 383 g/mol. The fourth-order valence-electron chi connectivity index (χ4n) is 2.44. The van der Waals surface area contributed by atoms with Crippen LogP contribution in [0.2, 0.25) is 0 Å². The molecule has 0 bridgehead atoms. The van der Waals surface area contributed by atoms with Crippen molar-refractivity contribution < 1.29 is 14.4 Å². The number of nitrogens with one attached hydrogen (secondary N) is 3. The summed E-state index contributed by atoms with van der Waals surface area (Å²) in [6.07, 6.45) is 1.93. The van der Waals surface area contributed by atoms with Gasteiger partial charge in [0.2, 0.25) is 17.7 Å². The van der Waals surface area contributed by atoms with Crippen LogP contribution in [0, 0.1) is 5.92 Å². The molecule has 1 fully saturated rings. The number of carbonyl (C=O) groups is 3. The van der Waals surface area contributed by atoms with Gasteiger partial charge in [-0.3, -0.25) is 14.4 Å². The standard InChI is InChI=1S/C20H21N3O3S/c1-13(24)21-15-7-9-16(10-8-15)22-19(25)12-27-18-4-2-3-17(11-18)23-20(26)14-5-6-14/h2-4,7-11,14H,5-6,12H2,1H3,(H,21,24)(H,22,25)(H,23,26). The van der Waals surface area contributed by atoms with Gasteiger partial charge >= 0.3 is 0 Å². The van der Waals surface area contributed by atoms with Crippen LogP contribution in [0.3, 0.4) is 0 Å². The summed E-state index contributed by atoms with van der Waals surface area (Å²) in [7, 11) is 0. The van der Waals surface area contributed by atoms with Crippen molar-refractivity contribution in [3.8, 4) is 0 Å². The SMILES string of the molecule is CC(=O)Nc1ccc(NC(=O)CSc2cccc(NC(=O)C3CC3)c2)cc1. The second-order valence-corrected chi connectivity index (χ2v) is 7.44. The third-order valence-corrected chi connectivity index (χ3v) is 4.90. The quantitative estimate of drug-likeness (QED) is 0.636. The zero-order valence-electron chi connectivity index (χ0n) is 15.0. The van der Waals surface area contributed by atoms with Gasteiger partial charge in [-0.1, -0.05) is 6.07 Å². The fourth-order valence-corrected chi connectivity index (χ4v) is 3.19. The molecule has 0 aromatic heterocycles. The largest absolute Gasteiger partial charge is 0.326 e. The van der Waals surface area contributed by atoms with Crippen molar-refractivity contribution >= 4 is 46.5 Å². The molecule has 0 atom stereocenters. The van der Waals surface area contributed by atoms with Crippen molar-refractivity contribution in [1.82, 2.24) is 0 Å². The fraction of sp³-hybridized carbons (Fsp3) is 0.250. The summed E-state index contributed by atoms with van der Waals surface area (Å²) in [5, 5.41) is 8.40. The smallest absolute Gasteiger partial charge is 0.234 e.